The van der Waals surface area contributed by atoms with Crippen molar-refractivity contribution < 1.29 is 9.62 Å². The molecule has 2 aromatic carbocycles. The Kier molecular flexibility index (Phi) is 5.69. The largest absolute Gasteiger partial charge is 0.461 e. The quantitative estimate of drug-likeness (QED) is 0.571. The first kappa shape index (κ1) is 17.5. The molecule has 0 saturated heterocycles. The summed E-state index contributed by atoms with van der Waals surface area (Å²) in [7, 11) is 0. The summed E-state index contributed by atoms with van der Waals surface area (Å²) in [6.07, 6.45) is 4.69. The van der Waals surface area contributed by atoms with Crippen molar-refractivity contribution in [2.75, 3.05) is 6.54 Å². The average molecular weight is 335 g/mol. The minimum Gasteiger partial charge on any atom is -0.461 e. The Bertz CT molecular complexity index is 862. The molecule has 3 rings (SSSR count). The van der Waals surface area contributed by atoms with E-state index in [0.717, 1.165) is 36.2 Å². The molecule has 0 atom stereocenters. The lowest BCUT2D eigenvalue weighted by atomic mass is 9.98. The van der Waals surface area contributed by atoms with Crippen LogP contribution in [0.4, 0.5) is 0 Å². The van der Waals surface area contributed by atoms with Gasteiger partial charge in [0.2, 0.25) is 0 Å². The minimum atomic E-state index is 0.443. The Hall–Kier alpha value is -2.36. The maximum Gasteiger partial charge on any atom is 0.135 e. The number of furan rings is 1. The minimum absolute atomic E-state index is 0.443. The van der Waals surface area contributed by atoms with E-state index in [4.69, 9.17) is 9.62 Å². The lowest BCUT2D eigenvalue weighted by Gasteiger charge is -2.06. The molecule has 0 amide bonds. The number of hydrogen-bond acceptors (Lipinski definition) is 3. The molecule has 3 aromatic rings. The van der Waals surface area contributed by atoms with E-state index in [9.17, 15) is 0 Å². The maximum absolute atomic E-state index is 8.83. The van der Waals surface area contributed by atoms with E-state index in [2.05, 4.69) is 61.8 Å². The van der Waals surface area contributed by atoms with Crippen molar-refractivity contribution in [1.82, 2.24) is 5.48 Å². The van der Waals surface area contributed by atoms with Crippen molar-refractivity contribution in [3.8, 4) is 0 Å². The average Bonchev–Trinajstić information content (AvgIpc) is 3.00. The van der Waals surface area contributed by atoms with Crippen molar-refractivity contribution in [2.24, 2.45) is 0 Å². The van der Waals surface area contributed by atoms with Gasteiger partial charge in [0.15, 0.2) is 0 Å². The second kappa shape index (κ2) is 8.15. The molecule has 130 valence electrons. The van der Waals surface area contributed by atoms with Crippen LogP contribution in [0, 0.1) is 0 Å². The van der Waals surface area contributed by atoms with Crippen LogP contribution < -0.4 is 5.48 Å². The third-order valence-electron chi connectivity index (χ3n) is 4.61. The van der Waals surface area contributed by atoms with Gasteiger partial charge in [0.05, 0.1) is 0 Å². The van der Waals surface area contributed by atoms with Crippen LogP contribution in [0.3, 0.4) is 0 Å². The van der Waals surface area contributed by atoms with E-state index in [-0.39, 0.29) is 0 Å². The van der Waals surface area contributed by atoms with Gasteiger partial charge in [0.1, 0.15) is 11.3 Å². The number of hydrogen-bond donors (Lipinski definition) is 2. The highest BCUT2D eigenvalue weighted by Crippen LogP contribution is 2.31. The normalized spacial score (nSPS) is 12.0. The molecule has 1 aromatic heterocycles. The van der Waals surface area contributed by atoms with Crippen LogP contribution in [-0.4, -0.2) is 11.8 Å². The molecule has 0 unspecified atom stereocenters. The molecule has 0 aliphatic heterocycles. The monoisotopic (exact) mass is 335 g/mol. The Morgan fingerprint density at radius 2 is 1.92 bits per heavy atom. The molecular formula is C22H25NO2. The van der Waals surface area contributed by atoms with Crippen LogP contribution in [0.25, 0.3) is 16.5 Å². The van der Waals surface area contributed by atoms with Crippen LogP contribution in [0.15, 0.2) is 59.0 Å². The smallest absolute Gasteiger partial charge is 0.135 e. The fraction of sp³-hybridized carbons (Fsp3) is 0.273. The molecule has 2 N–H and O–H groups in total. The molecule has 3 heteroatoms. The van der Waals surface area contributed by atoms with E-state index >= 15 is 0 Å². The highest BCUT2D eigenvalue weighted by atomic mass is 16.5. The third-order valence-corrected chi connectivity index (χ3v) is 4.61. The van der Waals surface area contributed by atoms with Gasteiger partial charge in [-0.2, -0.15) is 0 Å². The first-order valence-electron chi connectivity index (χ1n) is 8.91. The zero-order valence-electron chi connectivity index (χ0n) is 14.9. The number of aryl methyl sites for hydroxylation is 1. The van der Waals surface area contributed by atoms with Gasteiger partial charge in [-0.1, -0.05) is 62.4 Å². The van der Waals surface area contributed by atoms with Crippen molar-refractivity contribution in [1.29, 1.82) is 0 Å². The van der Waals surface area contributed by atoms with Crippen molar-refractivity contribution in [3.05, 3.63) is 77.1 Å². The molecular weight excluding hydrogens is 310 g/mol. The van der Waals surface area contributed by atoms with E-state index < -0.39 is 0 Å². The van der Waals surface area contributed by atoms with Crippen LogP contribution in [-0.2, 0) is 12.8 Å². The fourth-order valence-electron chi connectivity index (χ4n) is 3.31. The SMILES string of the molecule is CCC(=CCNO)c1ccc2c(Cc3ccccc3)c(CC)oc2c1. The highest BCUT2D eigenvalue weighted by molar-refractivity contribution is 5.86. The van der Waals surface area contributed by atoms with Crippen LogP contribution >= 0.6 is 0 Å². The zero-order chi connectivity index (χ0) is 17.6. The Morgan fingerprint density at radius 1 is 1.12 bits per heavy atom. The Balaban J connectivity index is 2.01. The Labute approximate surface area is 148 Å². The van der Waals surface area contributed by atoms with E-state index in [1.807, 2.05) is 12.1 Å². The summed E-state index contributed by atoms with van der Waals surface area (Å²) in [5, 5.41) is 10.0. The second-order valence-electron chi connectivity index (χ2n) is 6.18. The standard InChI is InChI=1S/C22H25NO2/c1-3-17(12-13-23-24)18-10-11-19-20(14-16-8-6-5-7-9-16)21(4-2)25-22(19)15-18/h5-12,15,23-24H,3-4,13-14H2,1-2H3. The van der Waals surface area contributed by atoms with Gasteiger partial charge < -0.3 is 9.62 Å². The maximum atomic E-state index is 8.83. The number of rotatable bonds is 7. The summed E-state index contributed by atoms with van der Waals surface area (Å²) in [6.45, 7) is 4.70. The number of benzene rings is 2. The van der Waals surface area contributed by atoms with Crippen LogP contribution in [0.1, 0.15) is 42.7 Å². The summed E-state index contributed by atoms with van der Waals surface area (Å²) in [4.78, 5) is 0. The third kappa shape index (κ3) is 3.84. The topological polar surface area (TPSA) is 45.4 Å². The predicted molar refractivity (Wildman–Crippen MR) is 103 cm³/mol. The van der Waals surface area contributed by atoms with E-state index in [1.165, 1.54) is 22.1 Å². The number of fused-ring (bicyclic) bond motifs is 1. The van der Waals surface area contributed by atoms with Gasteiger partial charge in [-0.25, -0.2) is 5.48 Å². The lowest BCUT2D eigenvalue weighted by molar-refractivity contribution is 0.180. The predicted octanol–water partition coefficient (Wildman–Crippen LogP) is 5.36. The summed E-state index contributed by atoms with van der Waals surface area (Å²) < 4.78 is 6.17. The molecule has 3 nitrogen and oxygen atoms in total. The summed E-state index contributed by atoms with van der Waals surface area (Å²) in [5.74, 6) is 1.06. The molecule has 25 heavy (non-hydrogen) atoms. The first-order chi connectivity index (χ1) is 12.3. The highest BCUT2D eigenvalue weighted by Gasteiger charge is 2.14. The number of hydroxylamine groups is 1. The molecule has 0 aliphatic carbocycles. The van der Waals surface area contributed by atoms with Crippen molar-refractivity contribution in [3.63, 3.8) is 0 Å². The molecule has 0 radical (unpaired) electrons. The van der Waals surface area contributed by atoms with Crippen molar-refractivity contribution in [2.45, 2.75) is 33.1 Å². The van der Waals surface area contributed by atoms with Gasteiger partial charge in [-0.05, 0) is 29.2 Å². The zero-order valence-corrected chi connectivity index (χ0v) is 14.9. The second-order valence-corrected chi connectivity index (χ2v) is 6.18. The molecule has 0 bridgehead atoms. The van der Waals surface area contributed by atoms with Gasteiger partial charge in [0.25, 0.3) is 0 Å². The van der Waals surface area contributed by atoms with Crippen molar-refractivity contribution >= 4 is 16.5 Å². The molecule has 0 saturated carbocycles. The van der Waals surface area contributed by atoms with Gasteiger partial charge >= 0.3 is 0 Å². The molecule has 1 heterocycles. The Morgan fingerprint density at radius 3 is 2.60 bits per heavy atom. The summed E-state index contributed by atoms with van der Waals surface area (Å²) in [6, 6.07) is 17.0. The fourth-order valence-corrected chi connectivity index (χ4v) is 3.31. The van der Waals surface area contributed by atoms with Gasteiger partial charge in [-0.15, -0.1) is 0 Å². The van der Waals surface area contributed by atoms with E-state index in [1.54, 1.807) is 0 Å². The van der Waals surface area contributed by atoms with Crippen LogP contribution in [0.5, 0.6) is 0 Å². The van der Waals surface area contributed by atoms with Gasteiger partial charge in [-0.3, -0.25) is 0 Å². The summed E-state index contributed by atoms with van der Waals surface area (Å²) in [5.41, 5.74) is 8.06. The van der Waals surface area contributed by atoms with Crippen LogP contribution in [0.2, 0.25) is 0 Å². The van der Waals surface area contributed by atoms with Gasteiger partial charge in [0, 0.05) is 30.3 Å². The van der Waals surface area contributed by atoms with E-state index in [0.29, 0.717) is 6.54 Å². The number of allylic oxidation sites excluding steroid dienone is 1. The molecule has 0 spiro atoms. The summed E-state index contributed by atoms with van der Waals surface area (Å²) >= 11 is 0. The molecule has 0 aliphatic rings. The molecule has 0 fully saturated rings. The number of nitrogens with one attached hydrogen (secondary N) is 1. The lowest BCUT2D eigenvalue weighted by Crippen LogP contribution is -2.06. The first-order valence-corrected chi connectivity index (χ1v) is 8.91.